The first-order valence-electron chi connectivity index (χ1n) is 4.67. The molecule has 0 aliphatic carbocycles. The van der Waals surface area contributed by atoms with Gasteiger partial charge in [-0.1, -0.05) is 19.4 Å². The zero-order chi connectivity index (χ0) is 9.84. The molecule has 0 unspecified atom stereocenters. The van der Waals surface area contributed by atoms with Gasteiger partial charge >= 0.3 is 0 Å². The van der Waals surface area contributed by atoms with E-state index in [0.717, 1.165) is 30.4 Å². The van der Waals surface area contributed by atoms with Gasteiger partial charge in [0.1, 0.15) is 0 Å². The zero-order valence-corrected chi connectivity index (χ0v) is 8.17. The molecule has 2 nitrogen and oxygen atoms in total. The smallest absolute Gasteiger partial charge is 0.160 e. The van der Waals surface area contributed by atoms with Gasteiger partial charge in [0.2, 0.25) is 0 Å². The van der Waals surface area contributed by atoms with Crippen LogP contribution >= 0.6 is 0 Å². The van der Waals surface area contributed by atoms with Crippen molar-refractivity contribution in [1.82, 2.24) is 0 Å². The molecule has 1 rings (SSSR count). The lowest BCUT2D eigenvalue weighted by molar-refractivity contribution is 0.398. The lowest BCUT2D eigenvalue weighted by atomic mass is 10.0. The number of phenolic OH excluding ortho intramolecular Hbond substituents is 2. The number of rotatable bonds is 3. The fraction of sp³-hybridized carbons (Fsp3) is 0.455. The van der Waals surface area contributed by atoms with Gasteiger partial charge in [-0.25, -0.2) is 0 Å². The lowest BCUT2D eigenvalue weighted by Gasteiger charge is -2.08. The molecule has 2 N–H and O–H groups in total. The molecular formula is C11H16O2. The Bertz CT molecular complexity index is 292. The Morgan fingerprint density at radius 1 is 1.23 bits per heavy atom. The second-order valence-corrected chi connectivity index (χ2v) is 3.33. The molecule has 72 valence electrons. The summed E-state index contributed by atoms with van der Waals surface area (Å²) in [6, 6.07) is 3.36. The van der Waals surface area contributed by atoms with Crippen LogP contribution in [0.5, 0.6) is 11.5 Å². The quantitative estimate of drug-likeness (QED) is 0.702. The highest BCUT2D eigenvalue weighted by atomic mass is 16.3. The summed E-state index contributed by atoms with van der Waals surface area (Å²) >= 11 is 0. The maximum atomic E-state index is 9.56. The van der Waals surface area contributed by atoms with E-state index in [1.165, 1.54) is 6.07 Å². The molecule has 0 aliphatic heterocycles. The molecule has 0 fully saturated rings. The Hall–Kier alpha value is -1.18. The van der Waals surface area contributed by atoms with E-state index in [2.05, 4.69) is 6.92 Å². The van der Waals surface area contributed by atoms with Crippen molar-refractivity contribution in [2.75, 3.05) is 0 Å². The molecule has 1 aromatic rings. The van der Waals surface area contributed by atoms with E-state index >= 15 is 0 Å². The molecule has 0 radical (unpaired) electrons. The van der Waals surface area contributed by atoms with Crippen LogP contribution in [0.2, 0.25) is 0 Å². The van der Waals surface area contributed by atoms with Crippen LogP contribution in [0.4, 0.5) is 0 Å². The highest BCUT2D eigenvalue weighted by Crippen LogP contribution is 2.31. The van der Waals surface area contributed by atoms with Gasteiger partial charge in [-0.3, -0.25) is 0 Å². The topological polar surface area (TPSA) is 40.5 Å². The monoisotopic (exact) mass is 180 g/mol. The summed E-state index contributed by atoms with van der Waals surface area (Å²) in [6.45, 7) is 4.05. The van der Waals surface area contributed by atoms with Gasteiger partial charge in [-0.15, -0.1) is 0 Å². The molecule has 0 atom stereocenters. The minimum absolute atomic E-state index is 0.0169. The maximum Gasteiger partial charge on any atom is 0.160 e. The van der Waals surface area contributed by atoms with E-state index in [0.29, 0.717) is 0 Å². The number of aromatic hydroxyl groups is 2. The molecule has 0 saturated heterocycles. The molecule has 0 amide bonds. The lowest BCUT2D eigenvalue weighted by Crippen LogP contribution is -1.90. The van der Waals surface area contributed by atoms with Crippen LogP contribution in [0.15, 0.2) is 12.1 Å². The number of benzene rings is 1. The second-order valence-electron chi connectivity index (χ2n) is 3.33. The highest BCUT2D eigenvalue weighted by molar-refractivity contribution is 5.48. The molecule has 1 aromatic carbocycles. The second kappa shape index (κ2) is 4.17. The summed E-state index contributed by atoms with van der Waals surface area (Å²) in [7, 11) is 0. The third-order valence-electron chi connectivity index (χ3n) is 2.28. The van der Waals surface area contributed by atoms with Crippen molar-refractivity contribution in [1.29, 1.82) is 0 Å². The number of hydrogen-bond donors (Lipinski definition) is 2. The normalized spacial score (nSPS) is 10.3. The first kappa shape index (κ1) is 9.90. The predicted molar refractivity (Wildman–Crippen MR) is 53.1 cm³/mol. The van der Waals surface area contributed by atoms with Crippen LogP contribution in [0.25, 0.3) is 0 Å². The molecule has 0 aliphatic rings. The third kappa shape index (κ3) is 2.14. The standard InChI is InChI=1S/C11H16O2/c1-3-4-5-9-8(2)6-7-10(12)11(9)13/h6-7,12-13H,3-5H2,1-2H3. The fourth-order valence-electron chi connectivity index (χ4n) is 1.39. The van der Waals surface area contributed by atoms with Crippen molar-refractivity contribution in [3.63, 3.8) is 0 Å². The number of aryl methyl sites for hydroxylation is 1. The largest absolute Gasteiger partial charge is 0.504 e. The maximum absolute atomic E-state index is 9.56. The summed E-state index contributed by atoms with van der Waals surface area (Å²) in [5, 5.41) is 18.8. The minimum Gasteiger partial charge on any atom is -0.504 e. The van der Waals surface area contributed by atoms with Crippen molar-refractivity contribution < 1.29 is 10.2 Å². The van der Waals surface area contributed by atoms with Crippen LogP contribution in [-0.2, 0) is 6.42 Å². The van der Waals surface area contributed by atoms with Crippen molar-refractivity contribution in [3.05, 3.63) is 23.3 Å². The highest BCUT2D eigenvalue weighted by Gasteiger charge is 2.08. The van der Waals surface area contributed by atoms with Gasteiger partial charge in [0, 0.05) is 5.56 Å². The van der Waals surface area contributed by atoms with E-state index in [1.807, 2.05) is 13.0 Å². The minimum atomic E-state index is -0.0169. The van der Waals surface area contributed by atoms with Crippen LogP contribution in [0.3, 0.4) is 0 Å². The molecule has 0 heterocycles. The molecule has 0 saturated carbocycles. The van der Waals surface area contributed by atoms with Gasteiger partial charge in [-0.05, 0) is 31.4 Å². The SMILES string of the molecule is CCCCc1c(C)ccc(O)c1O. The summed E-state index contributed by atoms with van der Waals surface area (Å²) in [6.07, 6.45) is 2.97. The number of unbranched alkanes of at least 4 members (excludes halogenated alkanes) is 1. The van der Waals surface area contributed by atoms with Crippen molar-refractivity contribution >= 4 is 0 Å². The average Bonchev–Trinajstić information content (AvgIpc) is 2.12. The Kier molecular flexibility index (Phi) is 3.18. The summed E-state index contributed by atoms with van der Waals surface area (Å²) < 4.78 is 0. The van der Waals surface area contributed by atoms with Gasteiger partial charge in [0.05, 0.1) is 0 Å². The van der Waals surface area contributed by atoms with Gasteiger partial charge in [-0.2, -0.15) is 0 Å². The van der Waals surface area contributed by atoms with Gasteiger partial charge in [0.25, 0.3) is 0 Å². The Labute approximate surface area is 78.8 Å². The molecule has 0 spiro atoms. The average molecular weight is 180 g/mol. The predicted octanol–water partition coefficient (Wildman–Crippen LogP) is 2.75. The molecule has 0 aromatic heterocycles. The summed E-state index contributed by atoms with van der Waals surface area (Å²) in [5.41, 5.74) is 1.92. The van der Waals surface area contributed by atoms with Crippen LogP contribution in [-0.4, -0.2) is 10.2 Å². The van der Waals surface area contributed by atoms with E-state index < -0.39 is 0 Å². The summed E-state index contributed by atoms with van der Waals surface area (Å²) in [5.74, 6) is 0.0325. The van der Waals surface area contributed by atoms with E-state index in [-0.39, 0.29) is 11.5 Å². The number of phenols is 2. The van der Waals surface area contributed by atoms with Crippen molar-refractivity contribution in [2.45, 2.75) is 33.1 Å². The van der Waals surface area contributed by atoms with E-state index in [4.69, 9.17) is 0 Å². The fourth-order valence-corrected chi connectivity index (χ4v) is 1.39. The van der Waals surface area contributed by atoms with Crippen molar-refractivity contribution in [2.24, 2.45) is 0 Å². The third-order valence-corrected chi connectivity index (χ3v) is 2.28. The van der Waals surface area contributed by atoms with Crippen LogP contribution < -0.4 is 0 Å². The molecular weight excluding hydrogens is 164 g/mol. The summed E-state index contributed by atoms with van der Waals surface area (Å²) in [4.78, 5) is 0. The van der Waals surface area contributed by atoms with Crippen LogP contribution in [0, 0.1) is 6.92 Å². The Morgan fingerprint density at radius 2 is 1.92 bits per heavy atom. The molecule has 0 bridgehead atoms. The van der Waals surface area contributed by atoms with Gasteiger partial charge < -0.3 is 10.2 Å². The first-order valence-corrected chi connectivity index (χ1v) is 4.67. The van der Waals surface area contributed by atoms with Crippen molar-refractivity contribution in [3.8, 4) is 11.5 Å². The Balaban J connectivity index is 2.96. The van der Waals surface area contributed by atoms with E-state index in [9.17, 15) is 10.2 Å². The van der Waals surface area contributed by atoms with Gasteiger partial charge in [0.15, 0.2) is 11.5 Å². The molecule has 13 heavy (non-hydrogen) atoms. The first-order chi connectivity index (χ1) is 6.16. The zero-order valence-electron chi connectivity index (χ0n) is 8.17. The van der Waals surface area contributed by atoms with E-state index in [1.54, 1.807) is 0 Å². The molecule has 2 heteroatoms. The number of hydrogen-bond acceptors (Lipinski definition) is 2. The Morgan fingerprint density at radius 3 is 2.54 bits per heavy atom. The van der Waals surface area contributed by atoms with Crippen LogP contribution in [0.1, 0.15) is 30.9 Å².